The number of hydrogen-bond acceptors (Lipinski definition) is 4. The first kappa shape index (κ1) is 11.8. The number of benzene rings is 1. The van der Waals surface area contributed by atoms with E-state index in [1.54, 1.807) is 13.0 Å². The van der Waals surface area contributed by atoms with Gasteiger partial charge in [-0.1, -0.05) is 6.07 Å². The number of hydrogen-bond donors (Lipinski definition) is 0. The molecule has 0 aliphatic carbocycles. The maximum absolute atomic E-state index is 11.8. The predicted molar refractivity (Wildman–Crippen MR) is 63.6 cm³/mol. The van der Waals surface area contributed by atoms with Crippen molar-refractivity contribution in [1.82, 2.24) is 0 Å². The van der Waals surface area contributed by atoms with E-state index < -0.39 is 14.9 Å². The standard InChI is InChI=1S/C10H12N2O4S/c1-2-17(15,16)11-6-5-8-3-4-9(12(13)14)7-10(8)11/h3-4,7H,2,5-6H2,1H3. The highest BCUT2D eigenvalue weighted by Crippen LogP contribution is 2.33. The van der Waals surface area contributed by atoms with Crippen LogP contribution in [0, 0.1) is 10.1 Å². The highest BCUT2D eigenvalue weighted by Gasteiger charge is 2.29. The lowest BCUT2D eigenvalue weighted by Crippen LogP contribution is -2.30. The molecule has 2 rings (SSSR count). The molecule has 0 bridgehead atoms. The molecule has 1 heterocycles. The zero-order valence-electron chi connectivity index (χ0n) is 9.29. The van der Waals surface area contributed by atoms with Crippen molar-refractivity contribution >= 4 is 21.4 Å². The van der Waals surface area contributed by atoms with Crippen molar-refractivity contribution in [3.05, 3.63) is 33.9 Å². The molecule has 0 N–H and O–H groups in total. The normalized spacial score (nSPS) is 14.8. The van der Waals surface area contributed by atoms with Crippen molar-refractivity contribution in [2.45, 2.75) is 13.3 Å². The first-order chi connectivity index (χ1) is 7.95. The molecule has 0 spiro atoms. The van der Waals surface area contributed by atoms with Gasteiger partial charge in [0.2, 0.25) is 10.0 Å². The first-order valence-corrected chi connectivity index (χ1v) is 6.84. The van der Waals surface area contributed by atoms with Gasteiger partial charge in [0.1, 0.15) is 0 Å². The fourth-order valence-electron chi connectivity index (χ4n) is 1.90. The van der Waals surface area contributed by atoms with Gasteiger partial charge in [-0.2, -0.15) is 0 Å². The molecule has 1 aromatic carbocycles. The van der Waals surface area contributed by atoms with E-state index in [1.165, 1.54) is 16.4 Å². The molecule has 0 aromatic heterocycles. The SMILES string of the molecule is CCS(=O)(=O)N1CCc2ccc([N+](=O)[O-])cc21. The quantitative estimate of drug-likeness (QED) is 0.603. The Kier molecular flexibility index (Phi) is 2.78. The summed E-state index contributed by atoms with van der Waals surface area (Å²) < 4.78 is 24.9. The topological polar surface area (TPSA) is 80.5 Å². The number of nitrogens with zero attached hydrogens (tertiary/aromatic N) is 2. The minimum atomic E-state index is -3.34. The Labute approximate surface area is 99.1 Å². The molecule has 6 nitrogen and oxygen atoms in total. The first-order valence-electron chi connectivity index (χ1n) is 5.23. The summed E-state index contributed by atoms with van der Waals surface area (Å²) in [6, 6.07) is 4.36. The average molecular weight is 256 g/mol. The fraction of sp³-hybridized carbons (Fsp3) is 0.400. The van der Waals surface area contributed by atoms with Crippen molar-refractivity contribution in [3.63, 3.8) is 0 Å². The van der Waals surface area contributed by atoms with Crippen molar-refractivity contribution in [2.75, 3.05) is 16.6 Å². The Balaban J connectivity index is 2.50. The van der Waals surface area contributed by atoms with E-state index in [0.29, 0.717) is 18.7 Å². The van der Waals surface area contributed by atoms with Crippen molar-refractivity contribution in [3.8, 4) is 0 Å². The van der Waals surface area contributed by atoms with Crippen LogP contribution in [0.2, 0.25) is 0 Å². The van der Waals surface area contributed by atoms with Gasteiger partial charge in [-0.3, -0.25) is 14.4 Å². The van der Waals surface area contributed by atoms with E-state index in [1.807, 2.05) is 0 Å². The number of non-ortho nitro benzene ring substituents is 1. The average Bonchev–Trinajstić information content (AvgIpc) is 2.72. The van der Waals surface area contributed by atoms with E-state index in [0.717, 1.165) is 5.56 Å². The molecule has 1 aromatic rings. The van der Waals surface area contributed by atoms with E-state index >= 15 is 0 Å². The molecule has 0 saturated carbocycles. The zero-order chi connectivity index (χ0) is 12.6. The summed E-state index contributed by atoms with van der Waals surface area (Å²) in [6.45, 7) is 1.93. The van der Waals surface area contributed by atoms with E-state index in [-0.39, 0.29) is 11.4 Å². The molecule has 17 heavy (non-hydrogen) atoms. The van der Waals surface area contributed by atoms with E-state index in [2.05, 4.69) is 0 Å². The summed E-state index contributed by atoms with van der Waals surface area (Å²) in [5, 5.41) is 10.7. The lowest BCUT2D eigenvalue weighted by molar-refractivity contribution is -0.384. The van der Waals surface area contributed by atoms with Crippen LogP contribution in [-0.2, 0) is 16.4 Å². The van der Waals surface area contributed by atoms with Gasteiger partial charge >= 0.3 is 0 Å². The van der Waals surface area contributed by atoms with E-state index in [9.17, 15) is 18.5 Å². The van der Waals surface area contributed by atoms with Gasteiger partial charge in [0.05, 0.1) is 16.4 Å². The Hall–Kier alpha value is -1.63. The molecule has 1 aliphatic rings. The van der Waals surface area contributed by atoms with Gasteiger partial charge in [0, 0.05) is 18.7 Å². The summed E-state index contributed by atoms with van der Waals surface area (Å²) in [7, 11) is -3.34. The zero-order valence-corrected chi connectivity index (χ0v) is 10.1. The molecule has 0 saturated heterocycles. The molecule has 92 valence electrons. The second-order valence-corrected chi connectivity index (χ2v) is 5.97. The molecular formula is C10H12N2O4S. The van der Waals surface area contributed by atoms with Gasteiger partial charge in [0.15, 0.2) is 0 Å². The molecule has 0 unspecified atom stereocenters. The number of anilines is 1. The van der Waals surface area contributed by atoms with Crippen LogP contribution in [0.3, 0.4) is 0 Å². The van der Waals surface area contributed by atoms with Gasteiger partial charge in [-0.15, -0.1) is 0 Å². The number of nitro benzene ring substituents is 1. The van der Waals surface area contributed by atoms with Gasteiger partial charge in [-0.05, 0) is 18.9 Å². The largest absolute Gasteiger partial charge is 0.271 e. The highest BCUT2D eigenvalue weighted by atomic mass is 32.2. The highest BCUT2D eigenvalue weighted by molar-refractivity contribution is 7.92. The monoisotopic (exact) mass is 256 g/mol. The third-order valence-electron chi connectivity index (χ3n) is 2.83. The van der Waals surface area contributed by atoms with Gasteiger partial charge < -0.3 is 0 Å². The molecule has 0 amide bonds. The lowest BCUT2D eigenvalue weighted by Gasteiger charge is -2.17. The maximum Gasteiger partial charge on any atom is 0.271 e. The lowest BCUT2D eigenvalue weighted by atomic mass is 10.1. The van der Waals surface area contributed by atoms with Crippen LogP contribution in [0.4, 0.5) is 11.4 Å². The number of nitro groups is 1. The van der Waals surface area contributed by atoms with Crippen LogP contribution < -0.4 is 4.31 Å². The van der Waals surface area contributed by atoms with Crippen molar-refractivity contribution in [2.24, 2.45) is 0 Å². The van der Waals surface area contributed by atoms with E-state index in [4.69, 9.17) is 0 Å². The van der Waals surface area contributed by atoms with Crippen LogP contribution in [0.1, 0.15) is 12.5 Å². The fourth-order valence-corrected chi connectivity index (χ4v) is 3.05. The summed E-state index contributed by atoms with van der Waals surface area (Å²) in [5.41, 5.74) is 1.20. The van der Waals surface area contributed by atoms with Crippen LogP contribution >= 0.6 is 0 Å². The third-order valence-corrected chi connectivity index (χ3v) is 4.61. The second kappa shape index (κ2) is 3.99. The molecular weight excluding hydrogens is 244 g/mol. The van der Waals surface area contributed by atoms with Crippen molar-refractivity contribution < 1.29 is 13.3 Å². The number of rotatable bonds is 3. The van der Waals surface area contributed by atoms with Crippen LogP contribution in [0.25, 0.3) is 0 Å². The summed E-state index contributed by atoms with van der Waals surface area (Å²) in [6.07, 6.45) is 0.604. The number of sulfonamides is 1. The van der Waals surface area contributed by atoms with Crippen LogP contribution in [0.5, 0.6) is 0 Å². The maximum atomic E-state index is 11.8. The molecule has 0 fully saturated rings. The minimum absolute atomic E-state index is 0.00483. The summed E-state index contributed by atoms with van der Waals surface area (Å²) >= 11 is 0. The Morgan fingerprint density at radius 3 is 2.76 bits per heavy atom. The van der Waals surface area contributed by atoms with Crippen LogP contribution in [-0.4, -0.2) is 25.6 Å². The summed E-state index contributed by atoms with van der Waals surface area (Å²) in [5.74, 6) is -0.00483. The summed E-state index contributed by atoms with van der Waals surface area (Å²) in [4.78, 5) is 10.1. The Morgan fingerprint density at radius 1 is 1.47 bits per heavy atom. The minimum Gasteiger partial charge on any atom is -0.269 e. The number of fused-ring (bicyclic) bond motifs is 1. The third kappa shape index (κ3) is 1.97. The predicted octanol–water partition coefficient (Wildman–Crippen LogP) is 1.31. The molecule has 0 atom stereocenters. The Bertz CT molecular complexity index is 568. The second-order valence-electron chi connectivity index (χ2n) is 3.79. The molecule has 7 heteroatoms. The smallest absolute Gasteiger partial charge is 0.269 e. The Morgan fingerprint density at radius 2 is 2.18 bits per heavy atom. The molecule has 1 aliphatic heterocycles. The van der Waals surface area contributed by atoms with Gasteiger partial charge in [-0.25, -0.2) is 8.42 Å². The van der Waals surface area contributed by atoms with Crippen LogP contribution in [0.15, 0.2) is 18.2 Å². The van der Waals surface area contributed by atoms with Crippen molar-refractivity contribution in [1.29, 1.82) is 0 Å². The van der Waals surface area contributed by atoms with Gasteiger partial charge in [0.25, 0.3) is 5.69 Å². The molecule has 0 radical (unpaired) electrons.